The Morgan fingerprint density at radius 3 is 2.79 bits per heavy atom. The van der Waals surface area contributed by atoms with Gasteiger partial charge in [-0.1, -0.05) is 24.8 Å². The summed E-state index contributed by atoms with van der Waals surface area (Å²) in [5.74, 6) is -0.320. The third-order valence-electron chi connectivity index (χ3n) is 5.80. The molecule has 0 spiro atoms. The molecule has 0 aliphatic carbocycles. The molecule has 172 valence electrons. The zero-order valence-electron chi connectivity index (χ0n) is 18.4. The molecule has 0 bridgehead atoms. The van der Waals surface area contributed by atoms with E-state index >= 15 is 0 Å². The maximum atomic E-state index is 13.2. The van der Waals surface area contributed by atoms with Gasteiger partial charge in [0.2, 0.25) is 0 Å². The average molecular weight is 475 g/mol. The first-order chi connectivity index (χ1) is 16.5. The lowest BCUT2D eigenvalue weighted by Gasteiger charge is -2.23. The molecule has 0 saturated carbocycles. The number of carbonyl (C=O) groups is 2. The number of hydrogen-bond donors (Lipinski definition) is 1. The van der Waals surface area contributed by atoms with E-state index < -0.39 is 17.7 Å². The summed E-state index contributed by atoms with van der Waals surface area (Å²) in [6.45, 7) is 5.97. The number of benzene rings is 2. The highest BCUT2D eigenvalue weighted by Crippen LogP contribution is 2.43. The van der Waals surface area contributed by atoms with E-state index in [1.165, 1.54) is 16.2 Å². The van der Waals surface area contributed by atoms with E-state index in [4.69, 9.17) is 9.47 Å². The average Bonchev–Trinajstić information content (AvgIpc) is 3.55. The number of aromatic nitrogens is 1. The number of ether oxygens (including phenoxy) is 2. The molecular weight excluding hydrogens is 452 g/mol. The zero-order valence-corrected chi connectivity index (χ0v) is 19.2. The fourth-order valence-corrected chi connectivity index (χ4v) is 4.97. The standard InChI is InChI=1S/C26H22N2O5S/c1-3-11-32-19-7-4-16(5-8-19)22-21(24(30)25(31)28(22)26-27-10-12-34-26)23(29)17-6-9-20-18(14-17)13-15(2)33-20/h3-10,12,14-15,22,29H,1,11,13H2,2H3/b23-21-. The van der Waals surface area contributed by atoms with Crippen molar-refractivity contribution in [3.63, 3.8) is 0 Å². The Kier molecular flexibility index (Phi) is 5.67. The van der Waals surface area contributed by atoms with Gasteiger partial charge < -0.3 is 14.6 Å². The van der Waals surface area contributed by atoms with Gasteiger partial charge in [0.05, 0.1) is 11.6 Å². The van der Waals surface area contributed by atoms with Crippen LogP contribution in [0.5, 0.6) is 11.5 Å². The minimum atomic E-state index is -0.831. The predicted molar refractivity (Wildman–Crippen MR) is 129 cm³/mol. The molecule has 34 heavy (non-hydrogen) atoms. The second-order valence-electron chi connectivity index (χ2n) is 8.11. The molecule has 2 atom stereocenters. The van der Waals surface area contributed by atoms with Gasteiger partial charge in [-0.05, 0) is 48.4 Å². The summed E-state index contributed by atoms with van der Waals surface area (Å²) in [6.07, 6.45) is 3.97. The summed E-state index contributed by atoms with van der Waals surface area (Å²) in [5.41, 5.74) is 2.09. The van der Waals surface area contributed by atoms with Gasteiger partial charge in [-0.25, -0.2) is 4.98 Å². The van der Waals surface area contributed by atoms with Crippen molar-refractivity contribution in [3.8, 4) is 11.5 Å². The van der Waals surface area contributed by atoms with Crippen molar-refractivity contribution >= 4 is 33.9 Å². The zero-order chi connectivity index (χ0) is 23.8. The highest BCUT2D eigenvalue weighted by molar-refractivity contribution is 7.14. The lowest BCUT2D eigenvalue weighted by atomic mass is 9.94. The number of aliphatic hydroxyl groups excluding tert-OH is 1. The number of ketones is 1. The van der Waals surface area contributed by atoms with Gasteiger partial charge in [-0.2, -0.15) is 0 Å². The molecule has 8 heteroatoms. The molecule has 1 saturated heterocycles. The van der Waals surface area contributed by atoms with Crippen LogP contribution in [0, 0.1) is 0 Å². The molecule has 3 aromatic rings. The molecule has 1 aromatic heterocycles. The van der Waals surface area contributed by atoms with E-state index in [-0.39, 0.29) is 17.4 Å². The molecule has 7 nitrogen and oxygen atoms in total. The Labute approximate surface area is 200 Å². The van der Waals surface area contributed by atoms with E-state index in [1.54, 1.807) is 54.1 Å². The smallest absolute Gasteiger partial charge is 0.301 e. The SMILES string of the molecule is C=CCOc1ccc(C2/C(=C(/O)c3ccc4c(c3)CC(C)O4)C(=O)C(=O)N2c2nccs2)cc1. The van der Waals surface area contributed by atoms with Crippen LogP contribution in [0.3, 0.4) is 0 Å². The molecule has 0 radical (unpaired) electrons. The minimum absolute atomic E-state index is 0.0203. The monoisotopic (exact) mass is 474 g/mol. The summed E-state index contributed by atoms with van der Waals surface area (Å²) in [7, 11) is 0. The first kappa shape index (κ1) is 21.9. The van der Waals surface area contributed by atoms with E-state index in [0.717, 1.165) is 11.3 Å². The fourth-order valence-electron chi connectivity index (χ4n) is 4.31. The topological polar surface area (TPSA) is 89.0 Å². The Bertz CT molecular complexity index is 1300. The summed E-state index contributed by atoms with van der Waals surface area (Å²) in [5, 5.41) is 13.4. The van der Waals surface area contributed by atoms with Crippen molar-refractivity contribution in [1.82, 2.24) is 4.98 Å². The molecule has 2 unspecified atom stereocenters. The number of aliphatic hydroxyl groups is 1. The van der Waals surface area contributed by atoms with Crippen molar-refractivity contribution < 1.29 is 24.2 Å². The van der Waals surface area contributed by atoms with Crippen LogP contribution in [-0.4, -0.2) is 34.5 Å². The maximum absolute atomic E-state index is 13.2. The molecule has 1 N–H and O–H groups in total. The molecule has 1 fully saturated rings. The summed E-state index contributed by atoms with van der Waals surface area (Å²) < 4.78 is 11.3. The first-order valence-corrected chi connectivity index (χ1v) is 11.7. The van der Waals surface area contributed by atoms with Gasteiger partial charge in [-0.15, -0.1) is 11.3 Å². The summed E-state index contributed by atoms with van der Waals surface area (Å²) in [4.78, 5) is 31.9. The van der Waals surface area contributed by atoms with E-state index in [2.05, 4.69) is 11.6 Å². The Morgan fingerprint density at radius 2 is 2.09 bits per heavy atom. The number of carbonyl (C=O) groups excluding carboxylic acids is 2. The number of rotatable bonds is 6. The highest BCUT2D eigenvalue weighted by atomic mass is 32.1. The molecule has 1 amide bonds. The molecule has 2 aliphatic rings. The van der Waals surface area contributed by atoms with Gasteiger partial charge in [0.25, 0.3) is 5.78 Å². The third-order valence-corrected chi connectivity index (χ3v) is 6.57. The van der Waals surface area contributed by atoms with E-state index in [9.17, 15) is 14.7 Å². The van der Waals surface area contributed by atoms with Crippen molar-refractivity contribution in [3.05, 3.63) is 89.0 Å². The Morgan fingerprint density at radius 1 is 1.29 bits per heavy atom. The molecule has 3 heterocycles. The van der Waals surface area contributed by atoms with Crippen molar-refractivity contribution in [2.45, 2.75) is 25.5 Å². The number of hydrogen-bond acceptors (Lipinski definition) is 7. The van der Waals surface area contributed by atoms with Crippen LogP contribution < -0.4 is 14.4 Å². The van der Waals surface area contributed by atoms with Crippen molar-refractivity contribution in [2.75, 3.05) is 11.5 Å². The quantitative estimate of drug-likeness (QED) is 0.242. The van der Waals surface area contributed by atoms with Crippen LogP contribution >= 0.6 is 11.3 Å². The van der Waals surface area contributed by atoms with Crippen LogP contribution in [0.4, 0.5) is 5.13 Å². The van der Waals surface area contributed by atoms with Gasteiger partial charge >= 0.3 is 5.91 Å². The van der Waals surface area contributed by atoms with Crippen LogP contribution in [0.2, 0.25) is 0 Å². The van der Waals surface area contributed by atoms with Gasteiger partial charge in [0.15, 0.2) is 5.13 Å². The number of Topliss-reactive ketones (excluding diaryl/α,β-unsaturated/α-hetero) is 1. The van der Waals surface area contributed by atoms with Gasteiger partial charge in [0.1, 0.15) is 30.0 Å². The number of amides is 1. The second kappa shape index (κ2) is 8.79. The van der Waals surface area contributed by atoms with Crippen LogP contribution in [0.1, 0.15) is 29.7 Å². The van der Waals surface area contributed by atoms with Crippen LogP contribution in [-0.2, 0) is 16.0 Å². The Hall–Kier alpha value is -3.91. The minimum Gasteiger partial charge on any atom is -0.507 e. The van der Waals surface area contributed by atoms with E-state index in [1.807, 2.05) is 13.0 Å². The lowest BCUT2D eigenvalue weighted by Crippen LogP contribution is -2.29. The van der Waals surface area contributed by atoms with Crippen molar-refractivity contribution in [1.29, 1.82) is 0 Å². The highest BCUT2D eigenvalue weighted by Gasteiger charge is 2.48. The predicted octanol–water partition coefficient (Wildman–Crippen LogP) is 4.66. The third kappa shape index (κ3) is 3.76. The van der Waals surface area contributed by atoms with Crippen LogP contribution in [0.25, 0.3) is 5.76 Å². The summed E-state index contributed by atoms with van der Waals surface area (Å²) in [6, 6.07) is 11.5. The van der Waals surface area contributed by atoms with E-state index in [0.29, 0.717) is 35.0 Å². The number of nitrogens with zero attached hydrogens (tertiary/aromatic N) is 2. The molecule has 2 aromatic carbocycles. The second-order valence-corrected chi connectivity index (χ2v) is 8.98. The normalized spacial score (nSPS) is 20.8. The lowest BCUT2D eigenvalue weighted by molar-refractivity contribution is -0.132. The molecular formula is C26H22N2O5S. The number of anilines is 1. The molecule has 5 rings (SSSR count). The largest absolute Gasteiger partial charge is 0.507 e. The fraction of sp³-hybridized carbons (Fsp3) is 0.192. The molecule has 2 aliphatic heterocycles. The van der Waals surface area contributed by atoms with Crippen molar-refractivity contribution in [2.24, 2.45) is 0 Å². The Balaban J connectivity index is 1.62. The first-order valence-electron chi connectivity index (χ1n) is 10.8. The van der Waals surface area contributed by atoms with Gasteiger partial charge in [0, 0.05) is 23.6 Å². The van der Waals surface area contributed by atoms with Crippen LogP contribution in [0.15, 0.2) is 72.3 Å². The maximum Gasteiger partial charge on any atom is 0.301 e. The number of thiazole rings is 1. The summed E-state index contributed by atoms with van der Waals surface area (Å²) >= 11 is 1.25. The number of fused-ring (bicyclic) bond motifs is 1. The van der Waals surface area contributed by atoms with Gasteiger partial charge in [-0.3, -0.25) is 14.5 Å².